The van der Waals surface area contributed by atoms with Crippen LogP contribution in [0.15, 0.2) is 24.8 Å². The van der Waals surface area contributed by atoms with Crippen molar-refractivity contribution in [1.82, 2.24) is 19.9 Å². The van der Waals surface area contributed by atoms with Crippen LogP contribution in [-0.2, 0) is 14.3 Å². The Hall–Kier alpha value is -2.98. The lowest BCUT2D eigenvalue weighted by molar-refractivity contribution is -0.127. The second-order valence-corrected chi connectivity index (χ2v) is 9.98. The van der Waals surface area contributed by atoms with Crippen molar-refractivity contribution in [2.24, 2.45) is 5.41 Å². The van der Waals surface area contributed by atoms with E-state index in [2.05, 4.69) is 29.7 Å². The van der Waals surface area contributed by atoms with Crippen LogP contribution in [0.4, 0.5) is 11.9 Å². The van der Waals surface area contributed by atoms with Gasteiger partial charge in [-0.25, -0.2) is 19.9 Å². The summed E-state index contributed by atoms with van der Waals surface area (Å²) >= 11 is 0. The molecule has 3 rings (SSSR count). The van der Waals surface area contributed by atoms with Crippen LogP contribution in [0.3, 0.4) is 0 Å². The van der Waals surface area contributed by atoms with E-state index < -0.39 is 0 Å². The molecule has 2 aromatic heterocycles. The van der Waals surface area contributed by atoms with Crippen molar-refractivity contribution >= 4 is 23.5 Å². The van der Waals surface area contributed by atoms with Crippen molar-refractivity contribution in [2.75, 3.05) is 62.4 Å². The van der Waals surface area contributed by atoms with Gasteiger partial charge in [-0.1, -0.05) is 20.8 Å². The molecule has 0 unspecified atom stereocenters. The van der Waals surface area contributed by atoms with E-state index in [-0.39, 0.29) is 17.0 Å². The van der Waals surface area contributed by atoms with E-state index in [1.54, 1.807) is 12.4 Å². The van der Waals surface area contributed by atoms with Gasteiger partial charge in [0.15, 0.2) is 5.78 Å². The molecule has 10 nitrogen and oxygen atoms in total. The predicted molar refractivity (Wildman–Crippen MR) is 138 cm³/mol. The smallest absolute Gasteiger partial charge is 0.225 e. The van der Waals surface area contributed by atoms with Crippen LogP contribution in [0.5, 0.6) is 0 Å². The highest BCUT2D eigenvalue weighted by atomic mass is 16.5. The third-order valence-corrected chi connectivity index (χ3v) is 5.95. The highest BCUT2D eigenvalue weighted by Gasteiger charge is 2.21. The van der Waals surface area contributed by atoms with Crippen LogP contribution < -0.4 is 9.80 Å². The van der Waals surface area contributed by atoms with E-state index in [4.69, 9.17) is 9.47 Å². The molecule has 2 aromatic rings. The van der Waals surface area contributed by atoms with Crippen molar-refractivity contribution in [3.8, 4) is 0 Å². The first-order chi connectivity index (χ1) is 17.2. The van der Waals surface area contributed by atoms with Gasteiger partial charge in [-0.15, -0.1) is 0 Å². The number of carbonyl (C=O) groups is 2. The number of Topliss-reactive ketones (excluding diaryl/α,β-unsaturated/α-hetero) is 2. The first-order valence-electron chi connectivity index (χ1n) is 12.6. The summed E-state index contributed by atoms with van der Waals surface area (Å²) in [4.78, 5) is 46.2. The van der Waals surface area contributed by atoms with Crippen molar-refractivity contribution in [1.29, 1.82) is 0 Å². The molecule has 3 heterocycles. The average Bonchev–Trinajstić information content (AvgIpc) is 2.87. The molecule has 0 saturated carbocycles. The summed E-state index contributed by atoms with van der Waals surface area (Å²) in [7, 11) is 0. The van der Waals surface area contributed by atoms with E-state index >= 15 is 0 Å². The summed E-state index contributed by atoms with van der Waals surface area (Å²) in [5.74, 6) is 1.56. The molecule has 0 radical (unpaired) electrons. The Kier molecular flexibility index (Phi) is 10.2. The summed E-state index contributed by atoms with van der Waals surface area (Å²) < 4.78 is 11.0. The fraction of sp³-hybridized carbons (Fsp3) is 0.615. The number of rotatable bonds is 13. The highest BCUT2D eigenvalue weighted by Crippen LogP contribution is 2.17. The molecule has 0 atom stereocenters. The second-order valence-electron chi connectivity index (χ2n) is 9.98. The Morgan fingerprint density at radius 2 is 1.28 bits per heavy atom. The largest absolute Gasteiger partial charge is 0.379 e. The Morgan fingerprint density at radius 1 is 0.778 bits per heavy atom. The first kappa shape index (κ1) is 27.6. The van der Waals surface area contributed by atoms with E-state index in [0.717, 1.165) is 37.7 Å². The number of ketones is 2. The van der Waals surface area contributed by atoms with Crippen molar-refractivity contribution in [3.63, 3.8) is 0 Å². The SMILES string of the molecule is Cc1cnc(N2CCN(c3ncc(C(=O)CCCOCCOCCC(=O)C(C)(C)C)cn3)CC2)nc1. The summed E-state index contributed by atoms with van der Waals surface area (Å²) in [5.41, 5.74) is 1.22. The molecule has 0 aromatic carbocycles. The Labute approximate surface area is 213 Å². The van der Waals surface area contributed by atoms with Crippen molar-refractivity contribution in [2.45, 2.75) is 47.0 Å². The lowest BCUT2D eigenvalue weighted by Crippen LogP contribution is -2.47. The molecule has 1 saturated heterocycles. The lowest BCUT2D eigenvalue weighted by Gasteiger charge is -2.34. The number of carbonyl (C=O) groups excluding carboxylic acids is 2. The van der Waals surface area contributed by atoms with Crippen molar-refractivity contribution in [3.05, 3.63) is 35.9 Å². The standard InChI is InChI=1S/C26H38N6O4/c1-20-16-27-24(28-17-20)31-8-10-32(11-9-31)25-29-18-21(19-30-25)22(33)6-5-12-35-14-15-36-13-7-23(34)26(2,3)4/h16-19H,5-15H2,1-4H3. The van der Waals surface area contributed by atoms with E-state index in [9.17, 15) is 9.59 Å². The van der Waals surface area contributed by atoms with Crippen LogP contribution in [0.25, 0.3) is 0 Å². The predicted octanol–water partition coefficient (Wildman–Crippen LogP) is 2.90. The fourth-order valence-corrected chi connectivity index (χ4v) is 3.63. The van der Waals surface area contributed by atoms with Gasteiger partial charge in [-0.3, -0.25) is 9.59 Å². The van der Waals surface area contributed by atoms with Crippen LogP contribution in [0, 0.1) is 12.3 Å². The van der Waals surface area contributed by atoms with Crippen LogP contribution in [0.1, 0.15) is 56.0 Å². The number of hydrogen-bond donors (Lipinski definition) is 0. The van der Waals surface area contributed by atoms with E-state index in [1.165, 1.54) is 0 Å². The minimum Gasteiger partial charge on any atom is -0.379 e. The number of aromatic nitrogens is 4. The van der Waals surface area contributed by atoms with Gasteiger partial charge in [0, 0.05) is 75.8 Å². The molecule has 10 heteroatoms. The summed E-state index contributed by atoms with van der Waals surface area (Å²) in [6, 6.07) is 0. The van der Waals surface area contributed by atoms with Crippen molar-refractivity contribution < 1.29 is 19.1 Å². The molecule has 1 aliphatic heterocycles. The van der Waals surface area contributed by atoms with Gasteiger partial charge in [0.1, 0.15) is 5.78 Å². The minimum absolute atomic E-state index is 0.00318. The quantitative estimate of drug-likeness (QED) is 0.302. The van der Waals surface area contributed by atoms with Gasteiger partial charge >= 0.3 is 0 Å². The maximum atomic E-state index is 12.4. The zero-order chi connectivity index (χ0) is 26.0. The molecule has 0 N–H and O–H groups in total. The van der Waals surface area contributed by atoms with E-state index in [0.29, 0.717) is 57.2 Å². The lowest BCUT2D eigenvalue weighted by atomic mass is 9.89. The summed E-state index contributed by atoms with van der Waals surface area (Å²) in [6.45, 7) is 12.6. The number of aryl methyl sites for hydroxylation is 1. The molecule has 0 amide bonds. The van der Waals surface area contributed by atoms with Gasteiger partial charge in [0.25, 0.3) is 0 Å². The minimum atomic E-state index is -0.328. The third kappa shape index (κ3) is 8.60. The molecule has 0 aliphatic carbocycles. The van der Waals surface area contributed by atoms with Gasteiger partial charge < -0.3 is 19.3 Å². The van der Waals surface area contributed by atoms with Gasteiger partial charge in [0.05, 0.1) is 25.4 Å². The molecular weight excluding hydrogens is 460 g/mol. The molecule has 1 aliphatic rings. The zero-order valence-electron chi connectivity index (χ0n) is 21.9. The van der Waals surface area contributed by atoms with E-state index in [1.807, 2.05) is 40.1 Å². The maximum Gasteiger partial charge on any atom is 0.225 e. The number of piperazine rings is 1. The number of nitrogens with zero attached hydrogens (tertiary/aromatic N) is 6. The monoisotopic (exact) mass is 498 g/mol. The first-order valence-corrected chi connectivity index (χ1v) is 12.6. The second kappa shape index (κ2) is 13.4. The zero-order valence-corrected chi connectivity index (χ0v) is 21.9. The molecular formula is C26H38N6O4. The normalized spacial score (nSPS) is 14.2. The Morgan fingerprint density at radius 3 is 1.81 bits per heavy atom. The Balaban J connectivity index is 1.28. The van der Waals surface area contributed by atoms with Gasteiger partial charge in [-0.05, 0) is 18.9 Å². The third-order valence-electron chi connectivity index (χ3n) is 5.95. The molecule has 36 heavy (non-hydrogen) atoms. The van der Waals surface area contributed by atoms with Gasteiger partial charge in [-0.2, -0.15) is 0 Å². The molecule has 0 spiro atoms. The van der Waals surface area contributed by atoms with Gasteiger partial charge in [0.2, 0.25) is 11.9 Å². The highest BCUT2D eigenvalue weighted by molar-refractivity contribution is 5.95. The van der Waals surface area contributed by atoms with Crippen LogP contribution >= 0.6 is 0 Å². The average molecular weight is 499 g/mol. The van der Waals surface area contributed by atoms with Crippen LogP contribution in [0.2, 0.25) is 0 Å². The molecule has 0 bridgehead atoms. The summed E-state index contributed by atoms with van der Waals surface area (Å²) in [5, 5.41) is 0. The molecule has 196 valence electrons. The number of hydrogen-bond acceptors (Lipinski definition) is 10. The Bertz CT molecular complexity index is 967. The fourth-order valence-electron chi connectivity index (χ4n) is 3.63. The summed E-state index contributed by atoms with van der Waals surface area (Å²) in [6.07, 6.45) is 8.27. The number of anilines is 2. The van der Waals surface area contributed by atoms with Crippen LogP contribution in [-0.4, -0.2) is 84.1 Å². The maximum absolute atomic E-state index is 12.4. The molecule has 1 fully saturated rings. The topological polar surface area (TPSA) is 111 Å². The number of ether oxygens (including phenoxy) is 2.